The topological polar surface area (TPSA) is 62.2 Å². The number of nitrogens with zero attached hydrogens (tertiary/aromatic N) is 2. The molecule has 0 saturated carbocycles. The molecule has 0 amide bonds. The highest BCUT2D eigenvalue weighted by Crippen LogP contribution is 2.47. The Hall–Kier alpha value is -1.43. The van der Waals surface area contributed by atoms with Crippen molar-refractivity contribution in [2.75, 3.05) is 0 Å². The van der Waals surface area contributed by atoms with Gasteiger partial charge in [-0.15, -0.1) is 0 Å². The van der Waals surface area contributed by atoms with Gasteiger partial charge in [0.2, 0.25) is 0 Å². The lowest BCUT2D eigenvalue weighted by molar-refractivity contribution is 0.470. The van der Waals surface area contributed by atoms with Crippen molar-refractivity contribution < 1.29 is 0 Å². The van der Waals surface area contributed by atoms with E-state index in [9.17, 15) is 0 Å². The van der Waals surface area contributed by atoms with Gasteiger partial charge in [-0.25, -0.2) is 10.3 Å². The quantitative estimate of drug-likeness (QED) is 0.282. The standard InChI is InChI=1S/C16H22BN3S/c1-5-15(21-19)20-13(2)8-6-7-9-14-10-16(3,4)17(11-14)12-18/h5,14H,1-2,7,9-11,19H2,3-4H3. The molecule has 0 aliphatic carbocycles. The van der Waals surface area contributed by atoms with E-state index in [1.807, 2.05) is 0 Å². The molecule has 0 aromatic carbocycles. The van der Waals surface area contributed by atoms with Crippen LogP contribution in [-0.2, 0) is 0 Å². The summed E-state index contributed by atoms with van der Waals surface area (Å²) in [6.45, 7) is 11.9. The summed E-state index contributed by atoms with van der Waals surface area (Å²) < 4.78 is 0. The Labute approximate surface area is 133 Å². The van der Waals surface area contributed by atoms with Crippen molar-refractivity contribution in [1.29, 1.82) is 5.26 Å². The number of hydrogen-bond acceptors (Lipinski definition) is 4. The van der Waals surface area contributed by atoms with Crippen molar-refractivity contribution in [2.24, 2.45) is 16.0 Å². The summed E-state index contributed by atoms with van der Waals surface area (Å²) in [4.78, 5) is 4.16. The van der Waals surface area contributed by atoms with E-state index in [2.05, 4.69) is 49.8 Å². The van der Waals surface area contributed by atoms with E-state index >= 15 is 0 Å². The maximum atomic E-state index is 9.17. The lowest BCUT2D eigenvalue weighted by Crippen LogP contribution is -2.19. The molecule has 0 bridgehead atoms. The van der Waals surface area contributed by atoms with Crippen LogP contribution in [0.3, 0.4) is 0 Å². The van der Waals surface area contributed by atoms with Gasteiger partial charge in [0.05, 0.1) is 0 Å². The molecule has 1 fully saturated rings. The van der Waals surface area contributed by atoms with Crippen LogP contribution in [0.4, 0.5) is 0 Å². The van der Waals surface area contributed by atoms with Gasteiger partial charge in [-0.3, -0.25) is 5.14 Å². The first-order valence-electron chi connectivity index (χ1n) is 7.08. The molecule has 1 saturated heterocycles. The van der Waals surface area contributed by atoms with Gasteiger partial charge in [0.15, 0.2) is 0 Å². The molecule has 1 unspecified atom stereocenters. The number of rotatable bonds is 4. The summed E-state index contributed by atoms with van der Waals surface area (Å²) in [5, 5.41) is 15.3. The molecule has 5 heteroatoms. The summed E-state index contributed by atoms with van der Waals surface area (Å²) in [6.07, 6.45) is 5.53. The Morgan fingerprint density at radius 2 is 2.33 bits per heavy atom. The van der Waals surface area contributed by atoms with Crippen molar-refractivity contribution in [1.82, 2.24) is 0 Å². The van der Waals surface area contributed by atoms with E-state index in [4.69, 9.17) is 10.4 Å². The first kappa shape index (κ1) is 17.6. The molecule has 0 aromatic rings. The van der Waals surface area contributed by atoms with E-state index in [1.165, 1.54) is 0 Å². The zero-order valence-electron chi connectivity index (χ0n) is 12.9. The third-order valence-electron chi connectivity index (χ3n) is 3.93. The molecule has 1 heterocycles. The Morgan fingerprint density at radius 1 is 1.62 bits per heavy atom. The van der Waals surface area contributed by atoms with Gasteiger partial charge in [-0.2, -0.15) is 0 Å². The molecule has 0 spiro atoms. The van der Waals surface area contributed by atoms with E-state index in [1.54, 1.807) is 6.08 Å². The van der Waals surface area contributed by atoms with Crippen LogP contribution in [-0.4, -0.2) is 11.8 Å². The second kappa shape index (κ2) is 8.12. The van der Waals surface area contributed by atoms with Crippen LogP contribution in [0.2, 0.25) is 11.6 Å². The number of nitriles is 1. The van der Waals surface area contributed by atoms with E-state index in [-0.39, 0.29) is 12.0 Å². The normalized spacial score (nSPS) is 20.4. The summed E-state index contributed by atoms with van der Waals surface area (Å²) in [5.41, 5.74) is 0.504. The smallest absolute Gasteiger partial charge is 0.272 e. The van der Waals surface area contributed by atoms with Crippen LogP contribution >= 0.6 is 11.9 Å². The molecule has 1 atom stereocenters. The highest BCUT2D eigenvalue weighted by atomic mass is 32.2. The lowest BCUT2D eigenvalue weighted by Gasteiger charge is -2.18. The van der Waals surface area contributed by atoms with Gasteiger partial charge >= 0.3 is 0 Å². The molecule has 0 aromatic heterocycles. The van der Waals surface area contributed by atoms with Gasteiger partial charge in [0.25, 0.3) is 6.71 Å². The minimum absolute atomic E-state index is 0.137. The Balaban J connectivity index is 2.44. The fourth-order valence-corrected chi connectivity index (χ4v) is 3.05. The second-order valence-electron chi connectivity index (χ2n) is 6.04. The lowest BCUT2D eigenvalue weighted by atomic mass is 9.37. The first-order valence-corrected chi connectivity index (χ1v) is 7.96. The third-order valence-corrected chi connectivity index (χ3v) is 4.43. The van der Waals surface area contributed by atoms with E-state index in [0.29, 0.717) is 16.7 Å². The summed E-state index contributed by atoms with van der Waals surface area (Å²) in [5.74, 6) is 9.07. The molecule has 1 aliphatic heterocycles. The van der Waals surface area contributed by atoms with Gasteiger partial charge in [0, 0.05) is 12.4 Å². The van der Waals surface area contributed by atoms with Crippen LogP contribution in [0, 0.1) is 29.0 Å². The predicted molar refractivity (Wildman–Crippen MR) is 93.9 cm³/mol. The number of nitrogens with two attached hydrogens (primary N) is 1. The molecule has 0 radical (unpaired) electrons. The van der Waals surface area contributed by atoms with E-state index < -0.39 is 0 Å². The molecule has 110 valence electrons. The zero-order valence-corrected chi connectivity index (χ0v) is 13.7. The number of hydrogen-bond donors (Lipinski definition) is 1. The minimum Gasteiger partial charge on any atom is -0.272 e. The monoisotopic (exact) mass is 299 g/mol. The maximum Gasteiger partial charge on any atom is 0.273 e. The van der Waals surface area contributed by atoms with Crippen molar-refractivity contribution in [3.63, 3.8) is 0 Å². The highest BCUT2D eigenvalue weighted by Gasteiger charge is 2.43. The largest absolute Gasteiger partial charge is 0.273 e. The SMILES string of the molecule is C=CC(=NC(=C)C#CCCC1CB(C#N)C(C)(C)C1)SN. The number of allylic oxidation sites excluding steroid dienone is 1. The van der Waals surface area contributed by atoms with Crippen LogP contribution in [0.25, 0.3) is 0 Å². The van der Waals surface area contributed by atoms with Gasteiger partial charge in [-0.05, 0) is 41.6 Å². The van der Waals surface area contributed by atoms with Gasteiger partial charge in [-0.1, -0.05) is 45.7 Å². The molecular formula is C16H22BN3S. The molecule has 1 aliphatic rings. The Morgan fingerprint density at radius 3 is 2.86 bits per heavy atom. The first-order chi connectivity index (χ1) is 9.92. The van der Waals surface area contributed by atoms with Crippen molar-refractivity contribution in [2.45, 2.75) is 44.7 Å². The Kier molecular flexibility index (Phi) is 6.82. The van der Waals surface area contributed by atoms with Crippen LogP contribution in [0.5, 0.6) is 0 Å². The zero-order chi connectivity index (χ0) is 15.9. The average molecular weight is 299 g/mol. The predicted octanol–water partition coefficient (Wildman–Crippen LogP) is 3.83. The maximum absolute atomic E-state index is 9.17. The molecule has 1 rings (SSSR count). The third kappa shape index (κ3) is 5.46. The van der Waals surface area contributed by atoms with Crippen molar-refractivity contribution in [3.8, 4) is 17.8 Å². The fourth-order valence-electron chi connectivity index (χ4n) is 2.79. The highest BCUT2D eigenvalue weighted by molar-refractivity contribution is 8.12. The Bertz CT molecular complexity index is 534. The fraction of sp³-hybridized carbons (Fsp3) is 0.500. The summed E-state index contributed by atoms with van der Waals surface area (Å²) in [7, 11) is 0. The van der Waals surface area contributed by atoms with Gasteiger partial charge < -0.3 is 0 Å². The van der Waals surface area contributed by atoms with Crippen LogP contribution in [0.15, 0.2) is 29.9 Å². The van der Waals surface area contributed by atoms with Crippen LogP contribution in [0.1, 0.15) is 33.1 Å². The van der Waals surface area contributed by atoms with Crippen molar-refractivity contribution >= 4 is 23.7 Å². The van der Waals surface area contributed by atoms with Crippen LogP contribution < -0.4 is 5.14 Å². The average Bonchev–Trinajstić information content (AvgIpc) is 2.75. The summed E-state index contributed by atoms with van der Waals surface area (Å²) >= 11 is 1.03. The van der Waals surface area contributed by atoms with Crippen molar-refractivity contribution in [3.05, 3.63) is 24.9 Å². The number of aliphatic imine (C=N–C) groups is 1. The molecule has 3 nitrogen and oxygen atoms in total. The van der Waals surface area contributed by atoms with E-state index in [0.717, 1.165) is 37.5 Å². The summed E-state index contributed by atoms with van der Waals surface area (Å²) in [6, 6.07) is 0. The van der Waals surface area contributed by atoms with Gasteiger partial charge in [0.1, 0.15) is 10.7 Å². The molecular weight excluding hydrogens is 277 g/mol. The molecule has 2 N–H and O–H groups in total. The minimum atomic E-state index is 0.137. The second-order valence-corrected chi connectivity index (χ2v) is 6.69. The molecule has 21 heavy (non-hydrogen) atoms.